The molecule has 8 heteroatoms. The first-order valence-corrected chi connectivity index (χ1v) is 12.2. The number of hydrogen-bond donors (Lipinski definition) is 2. The van der Waals surface area contributed by atoms with E-state index in [0.717, 1.165) is 38.7 Å². The van der Waals surface area contributed by atoms with Crippen molar-refractivity contribution in [2.75, 3.05) is 40.9 Å². The normalized spacial score (nSPS) is 15.2. The van der Waals surface area contributed by atoms with Gasteiger partial charge in [-0.2, -0.15) is 0 Å². The Bertz CT molecular complexity index is 405. The predicted molar refractivity (Wildman–Crippen MR) is 118 cm³/mol. The van der Waals surface area contributed by atoms with Crippen LogP contribution in [0.2, 0.25) is 0 Å². The van der Waals surface area contributed by atoms with Crippen LogP contribution in [0.3, 0.4) is 0 Å². The SMILES string of the molecule is CCCCCCC(C)OCCCCCCO[P@](O)OC(CC(=O)O)C[N+](C)(C)C. The topological polar surface area (TPSA) is 85.2 Å². The van der Waals surface area contributed by atoms with Crippen molar-refractivity contribution in [3.8, 4) is 0 Å². The summed E-state index contributed by atoms with van der Waals surface area (Å²) >= 11 is 0. The molecule has 0 aliphatic rings. The second kappa shape index (κ2) is 17.4. The van der Waals surface area contributed by atoms with Crippen LogP contribution in [0.4, 0.5) is 0 Å². The average molecular weight is 439 g/mol. The fourth-order valence-electron chi connectivity index (χ4n) is 3.03. The molecule has 0 aliphatic carbocycles. The largest absolute Gasteiger partial charge is 0.481 e. The van der Waals surface area contributed by atoms with E-state index >= 15 is 0 Å². The maximum Gasteiger partial charge on any atom is 0.330 e. The van der Waals surface area contributed by atoms with Crippen molar-refractivity contribution in [2.24, 2.45) is 0 Å². The zero-order valence-corrected chi connectivity index (χ0v) is 20.2. The maximum atomic E-state index is 11.0. The number of unbranched alkanes of at least 4 members (excludes halogenated alkanes) is 6. The molecule has 0 spiro atoms. The van der Waals surface area contributed by atoms with Crippen LogP contribution in [0.15, 0.2) is 0 Å². The minimum absolute atomic E-state index is 0.144. The fraction of sp³-hybridized carbons (Fsp3) is 0.952. The standard InChI is InChI=1S/C21H44NO6P/c1-6-7-8-11-14-19(2)26-15-12-9-10-13-16-27-29(25)28-20(17-21(23)24)18-22(3,4)5/h19-20,25H,6-18H2,1-5H3/p+1/t19?,20?,29-/m0/s1. The number of carbonyl (C=O) groups is 1. The summed E-state index contributed by atoms with van der Waals surface area (Å²) in [7, 11) is 3.82. The summed E-state index contributed by atoms with van der Waals surface area (Å²) in [5, 5.41) is 9.00. The lowest BCUT2D eigenvalue weighted by atomic mass is 10.1. The molecule has 2 N–H and O–H groups in total. The summed E-state index contributed by atoms with van der Waals surface area (Å²) in [6.07, 6.45) is 9.86. The number of quaternary nitrogens is 1. The van der Waals surface area contributed by atoms with Gasteiger partial charge in [-0.15, -0.1) is 0 Å². The van der Waals surface area contributed by atoms with E-state index in [9.17, 15) is 9.69 Å². The van der Waals surface area contributed by atoms with Crippen LogP contribution in [0.25, 0.3) is 0 Å². The number of nitrogens with zero attached hydrogens (tertiary/aromatic N) is 1. The molecule has 2 unspecified atom stereocenters. The molecular formula is C21H45NO6P+. The van der Waals surface area contributed by atoms with Crippen molar-refractivity contribution in [2.45, 2.75) is 90.3 Å². The van der Waals surface area contributed by atoms with Crippen LogP contribution in [-0.4, -0.2) is 73.6 Å². The monoisotopic (exact) mass is 438 g/mol. The van der Waals surface area contributed by atoms with Gasteiger partial charge in [-0.05, 0) is 26.2 Å². The summed E-state index contributed by atoms with van der Waals surface area (Å²) in [6.45, 7) is 6.09. The third kappa shape index (κ3) is 20.7. The molecule has 0 aromatic rings. The first kappa shape index (κ1) is 28.7. The predicted octanol–water partition coefficient (Wildman–Crippen LogP) is 4.72. The highest BCUT2D eigenvalue weighted by Crippen LogP contribution is 2.36. The number of hydrogen-bond acceptors (Lipinski definition) is 5. The van der Waals surface area contributed by atoms with E-state index in [1.807, 2.05) is 21.1 Å². The number of carboxylic acid groups (broad SMARTS) is 1. The molecule has 0 fully saturated rings. The van der Waals surface area contributed by atoms with Crippen molar-refractivity contribution < 1.29 is 33.1 Å². The van der Waals surface area contributed by atoms with Crippen LogP contribution >= 0.6 is 8.60 Å². The van der Waals surface area contributed by atoms with E-state index in [4.69, 9.17) is 18.9 Å². The van der Waals surface area contributed by atoms with Crippen LogP contribution in [-0.2, 0) is 18.6 Å². The second-order valence-electron chi connectivity index (χ2n) is 8.81. The van der Waals surface area contributed by atoms with Crippen molar-refractivity contribution in [3.63, 3.8) is 0 Å². The van der Waals surface area contributed by atoms with E-state index in [2.05, 4.69) is 13.8 Å². The summed E-state index contributed by atoms with van der Waals surface area (Å²) in [6, 6.07) is 0. The van der Waals surface area contributed by atoms with Crippen LogP contribution in [0.5, 0.6) is 0 Å². The zero-order chi connectivity index (χ0) is 22.1. The van der Waals surface area contributed by atoms with Gasteiger partial charge in [-0.3, -0.25) is 4.79 Å². The molecule has 7 nitrogen and oxygen atoms in total. The van der Waals surface area contributed by atoms with Crippen molar-refractivity contribution in [1.29, 1.82) is 0 Å². The molecule has 0 amide bonds. The van der Waals surface area contributed by atoms with E-state index < -0.39 is 20.7 Å². The molecule has 3 atom stereocenters. The van der Waals surface area contributed by atoms with Gasteiger partial charge in [-0.25, -0.2) is 0 Å². The third-order valence-corrected chi connectivity index (χ3v) is 5.38. The number of likely N-dealkylation sites (N-methyl/N-ethyl adjacent to an activating group) is 1. The van der Waals surface area contributed by atoms with Gasteiger partial charge in [-0.1, -0.05) is 45.4 Å². The smallest absolute Gasteiger partial charge is 0.330 e. The number of ether oxygens (including phenoxy) is 1. The fourth-order valence-corrected chi connectivity index (χ4v) is 3.77. The van der Waals surface area contributed by atoms with Gasteiger partial charge in [0.1, 0.15) is 12.6 Å². The Morgan fingerprint density at radius 2 is 1.62 bits per heavy atom. The van der Waals surface area contributed by atoms with Gasteiger partial charge < -0.3 is 28.3 Å². The van der Waals surface area contributed by atoms with Gasteiger partial charge in [0.15, 0.2) is 0 Å². The Morgan fingerprint density at radius 1 is 1.00 bits per heavy atom. The molecule has 0 saturated carbocycles. The first-order valence-electron chi connectivity index (χ1n) is 11.1. The van der Waals surface area contributed by atoms with Crippen molar-refractivity contribution >= 4 is 14.6 Å². The Kier molecular flexibility index (Phi) is 17.2. The van der Waals surface area contributed by atoms with Gasteiger partial charge in [0, 0.05) is 6.61 Å². The Balaban J connectivity index is 3.71. The van der Waals surface area contributed by atoms with Gasteiger partial charge in [0.25, 0.3) is 0 Å². The lowest BCUT2D eigenvalue weighted by molar-refractivity contribution is -0.873. The molecular weight excluding hydrogens is 393 g/mol. The minimum Gasteiger partial charge on any atom is -0.481 e. The first-order chi connectivity index (χ1) is 13.6. The summed E-state index contributed by atoms with van der Waals surface area (Å²) in [4.78, 5) is 20.9. The lowest BCUT2D eigenvalue weighted by Crippen LogP contribution is -2.42. The zero-order valence-electron chi connectivity index (χ0n) is 19.3. The van der Waals surface area contributed by atoms with Gasteiger partial charge >= 0.3 is 14.6 Å². The minimum atomic E-state index is -2.05. The molecule has 0 radical (unpaired) electrons. The van der Waals surface area contributed by atoms with Gasteiger partial charge in [0.2, 0.25) is 0 Å². The Morgan fingerprint density at radius 3 is 2.21 bits per heavy atom. The van der Waals surface area contributed by atoms with Crippen molar-refractivity contribution in [3.05, 3.63) is 0 Å². The summed E-state index contributed by atoms with van der Waals surface area (Å²) < 4.78 is 17.2. The number of carboxylic acids is 1. The molecule has 174 valence electrons. The van der Waals surface area contributed by atoms with Crippen LogP contribution < -0.4 is 0 Å². The number of rotatable bonds is 20. The lowest BCUT2D eigenvalue weighted by Gasteiger charge is -2.29. The highest BCUT2D eigenvalue weighted by atomic mass is 31.2. The molecule has 0 rings (SSSR count). The molecule has 0 saturated heterocycles. The molecule has 0 heterocycles. The molecule has 0 bridgehead atoms. The Hall–Kier alpha value is -0.300. The molecule has 0 aromatic carbocycles. The van der Waals surface area contributed by atoms with Crippen LogP contribution in [0, 0.1) is 0 Å². The molecule has 0 aromatic heterocycles. The third-order valence-electron chi connectivity index (χ3n) is 4.50. The van der Waals surface area contributed by atoms with E-state index in [-0.39, 0.29) is 6.42 Å². The highest BCUT2D eigenvalue weighted by Gasteiger charge is 2.25. The van der Waals surface area contributed by atoms with Crippen LogP contribution in [0.1, 0.15) is 78.1 Å². The second-order valence-corrected chi connectivity index (χ2v) is 9.76. The Labute approximate surface area is 179 Å². The quantitative estimate of drug-likeness (QED) is 0.162. The summed E-state index contributed by atoms with van der Waals surface area (Å²) in [5.74, 6) is -0.940. The summed E-state index contributed by atoms with van der Waals surface area (Å²) in [5.41, 5.74) is 0. The van der Waals surface area contributed by atoms with Crippen molar-refractivity contribution in [1.82, 2.24) is 0 Å². The highest BCUT2D eigenvalue weighted by molar-refractivity contribution is 7.40. The van der Waals surface area contributed by atoms with Gasteiger partial charge in [0.05, 0.1) is 40.3 Å². The maximum absolute atomic E-state index is 11.0. The molecule has 29 heavy (non-hydrogen) atoms. The van der Waals surface area contributed by atoms with E-state index in [0.29, 0.717) is 23.7 Å². The van der Waals surface area contributed by atoms with E-state index in [1.54, 1.807) is 0 Å². The average Bonchev–Trinajstić information content (AvgIpc) is 2.58. The number of aliphatic carboxylic acids is 1. The van der Waals surface area contributed by atoms with E-state index in [1.165, 1.54) is 25.7 Å². The molecule has 0 aliphatic heterocycles.